The molecule has 138 valence electrons. The van der Waals surface area contributed by atoms with Crippen molar-refractivity contribution in [2.75, 3.05) is 4.43 Å². The molecule has 0 rings (SSSR count). The van der Waals surface area contributed by atoms with Gasteiger partial charge >= 0.3 is 0 Å². The van der Waals surface area contributed by atoms with Gasteiger partial charge in [-0.2, -0.15) is 0 Å². The third kappa shape index (κ3) is 7.72. The lowest BCUT2D eigenvalue weighted by molar-refractivity contribution is -0.133. The van der Waals surface area contributed by atoms with E-state index in [1.807, 2.05) is 0 Å². The third-order valence-corrected chi connectivity index (χ3v) is 6.64. The minimum atomic E-state index is -0.385. The average Bonchev–Trinajstić information content (AvgIpc) is 2.34. The Bertz CT molecular complexity index is 389. The van der Waals surface area contributed by atoms with Crippen LogP contribution < -0.4 is 11.1 Å². The molecule has 0 saturated carbocycles. The first-order valence-electron chi connectivity index (χ1n) is 8.79. The van der Waals surface area contributed by atoms with Gasteiger partial charge in [-0.1, -0.05) is 71.1 Å². The fourth-order valence-corrected chi connectivity index (χ4v) is 3.51. The summed E-state index contributed by atoms with van der Waals surface area (Å²) < 4.78 is 1.04. The average molecular weight is 438 g/mol. The van der Waals surface area contributed by atoms with Crippen LogP contribution in [0.5, 0.6) is 0 Å². The lowest BCUT2D eigenvalue weighted by Crippen LogP contribution is -2.53. The van der Waals surface area contributed by atoms with E-state index in [2.05, 4.69) is 90.2 Å². The molecule has 0 bridgehead atoms. The van der Waals surface area contributed by atoms with Crippen molar-refractivity contribution in [1.82, 2.24) is 5.32 Å². The van der Waals surface area contributed by atoms with E-state index in [1.54, 1.807) is 0 Å². The number of hydrogen-bond acceptors (Lipinski definition) is 2. The molecule has 23 heavy (non-hydrogen) atoms. The van der Waals surface area contributed by atoms with E-state index < -0.39 is 0 Å². The van der Waals surface area contributed by atoms with Crippen LogP contribution in [0.1, 0.15) is 75.2 Å². The van der Waals surface area contributed by atoms with Gasteiger partial charge in [-0.25, -0.2) is 0 Å². The number of carbonyl (C=O) groups is 1. The lowest BCUT2D eigenvalue weighted by atomic mass is 9.69. The van der Waals surface area contributed by atoms with Crippen LogP contribution in [0.15, 0.2) is 0 Å². The van der Waals surface area contributed by atoms with Crippen LogP contribution in [0.25, 0.3) is 0 Å². The summed E-state index contributed by atoms with van der Waals surface area (Å²) in [4.78, 5) is 12.8. The van der Waals surface area contributed by atoms with Gasteiger partial charge in [0.25, 0.3) is 0 Å². The van der Waals surface area contributed by atoms with Gasteiger partial charge in [-0.05, 0) is 43.9 Å². The van der Waals surface area contributed by atoms with Gasteiger partial charge < -0.3 is 11.1 Å². The summed E-state index contributed by atoms with van der Waals surface area (Å²) in [6.45, 7) is 19.4. The SMILES string of the molecule is CC(CI)C(N)CC(C)(C)NC(=O)C(C)(C)CC(C)(C)C(C)C. The molecular formula is C19H39IN2O. The highest BCUT2D eigenvalue weighted by Crippen LogP contribution is 2.39. The maximum absolute atomic E-state index is 12.8. The maximum atomic E-state index is 12.8. The first-order chi connectivity index (χ1) is 10.1. The van der Waals surface area contributed by atoms with Crippen molar-refractivity contribution < 1.29 is 4.79 Å². The summed E-state index contributed by atoms with van der Waals surface area (Å²) in [6.07, 6.45) is 1.67. The van der Waals surface area contributed by atoms with Gasteiger partial charge in [0, 0.05) is 21.4 Å². The fourth-order valence-electron chi connectivity index (χ4n) is 2.86. The van der Waals surface area contributed by atoms with Gasteiger partial charge in [0.2, 0.25) is 5.91 Å². The number of nitrogens with one attached hydrogen (secondary N) is 1. The van der Waals surface area contributed by atoms with Gasteiger partial charge in [0.15, 0.2) is 0 Å². The normalized spacial score (nSPS) is 16.3. The smallest absolute Gasteiger partial charge is 0.226 e. The molecule has 0 aromatic rings. The van der Waals surface area contributed by atoms with E-state index in [9.17, 15) is 4.79 Å². The predicted octanol–water partition coefficient (Wildman–Crippen LogP) is 4.77. The van der Waals surface area contributed by atoms with Crippen molar-refractivity contribution in [3.8, 4) is 0 Å². The highest BCUT2D eigenvalue weighted by molar-refractivity contribution is 14.1. The molecule has 3 N–H and O–H groups in total. The van der Waals surface area contributed by atoms with E-state index in [0.29, 0.717) is 11.8 Å². The summed E-state index contributed by atoms with van der Waals surface area (Å²) in [5, 5.41) is 3.25. The quantitative estimate of drug-likeness (QED) is 0.403. The van der Waals surface area contributed by atoms with E-state index in [0.717, 1.165) is 17.3 Å². The predicted molar refractivity (Wildman–Crippen MR) is 110 cm³/mol. The zero-order valence-electron chi connectivity index (χ0n) is 16.7. The van der Waals surface area contributed by atoms with Crippen molar-refractivity contribution in [3.63, 3.8) is 0 Å². The molecule has 4 heteroatoms. The van der Waals surface area contributed by atoms with Crippen molar-refractivity contribution in [1.29, 1.82) is 0 Å². The number of hydrogen-bond donors (Lipinski definition) is 2. The Labute approximate surface area is 158 Å². The molecule has 0 aromatic carbocycles. The molecule has 0 aliphatic rings. The summed E-state index contributed by atoms with van der Waals surface area (Å²) in [7, 11) is 0. The summed E-state index contributed by atoms with van der Waals surface area (Å²) >= 11 is 2.37. The van der Waals surface area contributed by atoms with E-state index >= 15 is 0 Å². The molecule has 0 radical (unpaired) electrons. The molecule has 0 heterocycles. The maximum Gasteiger partial charge on any atom is 0.226 e. The van der Waals surface area contributed by atoms with Crippen LogP contribution in [-0.4, -0.2) is 21.9 Å². The van der Waals surface area contributed by atoms with Crippen LogP contribution in [0.2, 0.25) is 0 Å². The standard InChI is InChI=1S/C19H39IN2O/c1-13(2)17(4,5)12-18(6,7)16(23)22-19(8,9)10-15(21)14(3)11-20/h13-15H,10-12,21H2,1-9H3,(H,22,23). The molecule has 0 fully saturated rings. The van der Waals surface area contributed by atoms with Crippen LogP contribution in [0.4, 0.5) is 0 Å². The third-order valence-electron chi connectivity index (χ3n) is 5.25. The molecule has 2 atom stereocenters. The Morgan fingerprint density at radius 1 is 1.09 bits per heavy atom. The number of nitrogens with two attached hydrogens (primary N) is 1. The molecule has 0 aliphatic heterocycles. The number of amides is 1. The highest BCUT2D eigenvalue weighted by Gasteiger charge is 2.38. The first-order valence-corrected chi connectivity index (χ1v) is 10.3. The summed E-state index contributed by atoms with van der Waals surface area (Å²) in [6, 6.07) is 0.109. The van der Waals surface area contributed by atoms with Gasteiger partial charge in [0.05, 0.1) is 0 Å². The Hall–Kier alpha value is 0.160. The molecule has 2 unspecified atom stereocenters. The van der Waals surface area contributed by atoms with Crippen molar-refractivity contribution in [2.24, 2.45) is 28.4 Å². The Morgan fingerprint density at radius 2 is 1.57 bits per heavy atom. The number of rotatable bonds is 9. The van der Waals surface area contributed by atoms with Crippen LogP contribution in [-0.2, 0) is 4.79 Å². The minimum Gasteiger partial charge on any atom is -0.351 e. The van der Waals surface area contributed by atoms with Crippen LogP contribution in [0, 0.1) is 22.7 Å². The monoisotopic (exact) mass is 438 g/mol. The molecule has 3 nitrogen and oxygen atoms in total. The van der Waals surface area contributed by atoms with E-state index in [-0.39, 0.29) is 28.3 Å². The summed E-state index contributed by atoms with van der Waals surface area (Å²) in [5.74, 6) is 1.13. The Morgan fingerprint density at radius 3 is 1.96 bits per heavy atom. The second-order valence-electron chi connectivity index (χ2n) is 9.54. The van der Waals surface area contributed by atoms with Crippen molar-refractivity contribution in [2.45, 2.75) is 86.7 Å². The second-order valence-corrected chi connectivity index (χ2v) is 10.4. The van der Waals surface area contributed by atoms with Crippen LogP contribution >= 0.6 is 22.6 Å². The van der Waals surface area contributed by atoms with Crippen molar-refractivity contribution >= 4 is 28.5 Å². The van der Waals surface area contributed by atoms with E-state index in [4.69, 9.17) is 5.73 Å². The Balaban J connectivity index is 4.89. The Kier molecular flexibility index (Phi) is 8.56. The fraction of sp³-hybridized carbons (Fsp3) is 0.947. The van der Waals surface area contributed by atoms with Crippen molar-refractivity contribution in [3.05, 3.63) is 0 Å². The van der Waals surface area contributed by atoms with E-state index in [1.165, 1.54) is 0 Å². The lowest BCUT2D eigenvalue weighted by Gasteiger charge is -2.39. The zero-order valence-corrected chi connectivity index (χ0v) is 18.9. The second kappa shape index (κ2) is 8.50. The summed E-state index contributed by atoms with van der Waals surface area (Å²) in [5.41, 5.74) is 5.75. The highest BCUT2D eigenvalue weighted by atomic mass is 127. The minimum absolute atomic E-state index is 0.109. The number of halogens is 1. The molecule has 0 spiro atoms. The van der Waals surface area contributed by atoms with Gasteiger partial charge in [-0.3, -0.25) is 4.79 Å². The largest absolute Gasteiger partial charge is 0.351 e. The molecule has 1 amide bonds. The zero-order chi connectivity index (χ0) is 18.6. The van der Waals surface area contributed by atoms with Crippen LogP contribution in [0.3, 0.4) is 0 Å². The first kappa shape index (κ1) is 23.2. The molecule has 0 aliphatic carbocycles. The van der Waals surface area contributed by atoms with Gasteiger partial charge in [0.1, 0.15) is 0 Å². The molecule has 0 aromatic heterocycles. The topological polar surface area (TPSA) is 55.1 Å². The number of alkyl halides is 1. The molecule has 0 saturated heterocycles. The van der Waals surface area contributed by atoms with Gasteiger partial charge in [-0.15, -0.1) is 0 Å². The molecular weight excluding hydrogens is 399 g/mol. The number of carbonyl (C=O) groups excluding carboxylic acids is 1.